The molecule has 0 N–H and O–H groups in total. The van der Waals surface area contributed by atoms with Crippen LogP contribution in [0.1, 0.15) is 0 Å². The van der Waals surface area contributed by atoms with Crippen LogP contribution in [-0.4, -0.2) is 15.0 Å². The van der Waals surface area contributed by atoms with Gasteiger partial charge in [-0.1, -0.05) is 6.07 Å². The number of fused-ring (bicyclic) bond motifs is 1. The minimum atomic E-state index is 0.254. The van der Waals surface area contributed by atoms with Crippen LogP contribution in [0.4, 0.5) is 0 Å². The SMILES string of the molecule is Clc1nc(-c2cccs2)c2ncccc2n1. The first-order valence-corrected chi connectivity index (χ1v) is 5.92. The maximum atomic E-state index is 5.90. The third kappa shape index (κ3) is 1.56. The fourth-order valence-corrected chi connectivity index (χ4v) is 2.41. The van der Waals surface area contributed by atoms with Crippen molar-refractivity contribution in [3.8, 4) is 10.6 Å². The second-order valence-electron chi connectivity index (χ2n) is 3.19. The van der Waals surface area contributed by atoms with Gasteiger partial charge in [0.15, 0.2) is 0 Å². The van der Waals surface area contributed by atoms with E-state index in [-0.39, 0.29) is 5.28 Å². The molecule has 0 atom stereocenters. The highest BCUT2D eigenvalue weighted by Crippen LogP contribution is 2.28. The van der Waals surface area contributed by atoms with Crippen molar-refractivity contribution in [2.75, 3.05) is 0 Å². The van der Waals surface area contributed by atoms with Gasteiger partial charge in [-0.3, -0.25) is 4.98 Å². The highest BCUT2D eigenvalue weighted by molar-refractivity contribution is 7.13. The lowest BCUT2D eigenvalue weighted by atomic mass is 10.2. The molecule has 0 saturated heterocycles. The maximum absolute atomic E-state index is 5.90. The number of pyridine rings is 1. The zero-order chi connectivity index (χ0) is 11.0. The number of thiophene rings is 1. The highest BCUT2D eigenvalue weighted by atomic mass is 35.5. The number of rotatable bonds is 1. The summed E-state index contributed by atoms with van der Waals surface area (Å²) in [6.07, 6.45) is 1.73. The predicted molar refractivity (Wildman–Crippen MR) is 65.7 cm³/mol. The minimum Gasteiger partial charge on any atom is -0.252 e. The summed E-state index contributed by atoms with van der Waals surface area (Å²) >= 11 is 7.51. The van der Waals surface area contributed by atoms with Gasteiger partial charge in [-0.25, -0.2) is 9.97 Å². The van der Waals surface area contributed by atoms with Crippen molar-refractivity contribution in [1.82, 2.24) is 15.0 Å². The van der Waals surface area contributed by atoms with Crippen LogP contribution >= 0.6 is 22.9 Å². The van der Waals surface area contributed by atoms with Crippen molar-refractivity contribution in [3.05, 3.63) is 41.1 Å². The van der Waals surface area contributed by atoms with E-state index in [1.807, 2.05) is 29.6 Å². The molecule has 3 nitrogen and oxygen atoms in total. The van der Waals surface area contributed by atoms with Gasteiger partial charge in [-0.2, -0.15) is 0 Å². The molecule has 3 aromatic rings. The highest BCUT2D eigenvalue weighted by Gasteiger charge is 2.10. The molecular weight excluding hydrogens is 242 g/mol. The van der Waals surface area contributed by atoms with Gasteiger partial charge in [-0.05, 0) is 35.2 Å². The average Bonchev–Trinajstić information content (AvgIpc) is 2.81. The molecule has 0 fully saturated rings. The quantitative estimate of drug-likeness (QED) is 0.619. The molecule has 3 rings (SSSR count). The first-order chi connectivity index (χ1) is 7.84. The molecule has 0 aliphatic rings. The van der Waals surface area contributed by atoms with Crippen molar-refractivity contribution in [1.29, 1.82) is 0 Å². The Balaban J connectivity index is 2.39. The number of hydrogen-bond acceptors (Lipinski definition) is 4. The van der Waals surface area contributed by atoms with Crippen LogP contribution in [0, 0.1) is 0 Å². The van der Waals surface area contributed by atoms with Gasteiger partial charge in [-0.15, -0.1) is 11.3 Å². The first kappa shape index (κ1) is 9.69. The fourth-order valence-electron chi connectivity index (χ4n) is 1.52. The van der Waals surface area contributed by atoms with Crippen LogP contribution in [0.15, 0.2) is 35.8 Å². The maximum Gasteiger partial charge on any atom is 0.223 e. The predicted octanol–water partition coefficient (Wildman–Crippen LogP) is 3.41. The lowest BCUT2D eigenvalue weighted by molar-refractivity contribution is 1.20. The zero-order valence-electron chi connectivity index (χ0n) is 8.09. The Labute approximate surface area is 101 Å². The van der Waals surface area contributed by atoms with Gasteiger partial charge < -0.3 is 0 Å². The first-order valence-electron chi connectivity index (χ1n) is 4.67. The summed E-state index contributed by atoms with van der Waals surface area (Å²) in [7, 11) is 0. The zero-order valence-corrected chi connectivity index (χ0v) is 9.66. The van der Waals surface area contributed by atoms with Crippen LogP contribution in [0.25, 0.3) is 21.6 Å². The van der Waals surface area contributed by atoms with E-state index in [4.69, 9.17) is 11.6 Å². The van der Waals surface area contributed by atoms with E-state index in [0.29, 0.717) is 0 Å². The van der Waals surface area contributed by atoms with E-state index in [2.05, 4.69) is 15.0 Å². The van der Waals surface area contributed by atoms with Crippen molar-refractivity contribution < 1.29 is 0 Å². The molecule has 0 aliphatic heterocycles. The lowest BCUT2D eigenvalue weighted by Crippen LogP contribution is -1.91. The van der Waals surface area contributed by atoms with E-state index >= 15 is 0 Å². The number of halogens is 1. The molecule has 0 bridgehead atoms. The molecule has 16 heavy (non-hydrogen) atoms. The largest absolute Gasteiger partial charge is 0.252 e. The van der Waals surface area contributed by atoms with Crippen LogP contribution in [0.5, 0.6) is 0 Å². The number of aromatic nitrogens is 3. The van der Waals surface area contributed by atoms with Crippen molar-refractivity contribution in [2.45, 2.75) is 0 Å². The van der Waals surface area contributed by atoms with Crippen LogP contribution in [0.2, 0.25) is 5.28 Å². The van der Waals surface area contributed by atoms with Crippen LogP contribution in [0.3, 0.4) is 0 Å². The van der Waals surface area contributed by atoms with Crippen LogP contribution in [-0.2, 0) is 0 Å². The molecule has 0 unspecified atom stereocenters. The monoisotopic (exact) mass is 247 g/mol. The van der Waals surface area contributed by atoms with E-state index in [1.54, 1.807) is 17.5 Å². The van der Waals surface area contributed by atoms with Gasteiger partial charge in [0.05, 0.1) is 10.4 Å². The van der Waals surface area contributed by atoms with Crippen molar-refractivity contribution >= 4 is 34.0 Å². The third-order valence-electron chi connectivity index (χ3n) is 2.18. The van der Waals surface area contributed by atoms with Gasteiger partial charge in [0.25, 0.3) is 0 Å². The molecule has 3 aromatic heterocycles. The molecule has 0 radical (unpaired) electrons. The second kappa shape index (κ2) is 3.81. The van der Waals surface area contributed by atoms with Gasteiger partial charge in [0, 0.05) is 6.20 Å². The van der Waals surface area contributed by atoms with E-state index in [0.717, 1.165) is 21.6 Å². The van der Waals surface area contributed by atoms with Crippen molar-refractivity contribution in [2.24, 2.45) is 0 Å². The Kier molecular flexibility index (Phi) is 2.31. The molecule has 0 amide bonds. The Morgan fingerprint density at radius 2 is 2.06 bits per heavy atom. The third-order valence-corrected chi connectivity index (χ3v) is 3.23. The Morgan fingerprint density at radius 1 is 1.12 bits per heavy atom. The standard InChI is InChI=1S/C11H6ClN3S/c12-11-14-7-3-1-5-13-9(7)10(15-11)8-4-2-6-16-8/h1-6H. The minimum absolute atomic E-state index is 0.254. The summed E-state index contributed by atoms with van der Waals surface area (Å²) in [6, 6.07) is 7.69. The topological polar surface area (TPSA) is 38.7 Å². The summed E-state index contributed by atoms with van der Waals surface area (Å²) in [4.78, 5) is 13.7. The summed E-state index contributed by atoms with van der Waals surface area (Å²) < 4.78 is 0. The Morgan fingerprint density at radius 3 is 2.88 bits per heavy atom. The molecule has 0 aromatic carbocycles. The van der Waals surface area contributed by atoms with E-state index in [9.17, 15) is 0 Å². The van der Waals surface area contributed by atoms with Gasteiger partial charge in [0.1, 0.15) is 11.2 Å². The molecular formula is C11H6ClN3S. The smallest absolute Gasteiger partial charge is 0.223 e. The Bertz CT molecular complexity index is 637. The number of nitrogens with zero attached hydrogens (tertiary/aromatic N) is 3. The van der Waals surface area contributed by atoms with E-state index < -0.39 is 0 Å². The molecule has 78 valence electrons. The summed E-state index contributed by atoms with van der Waals surface area (Å²) in [5, 5.41) is 2.25. The van der Waals surface area contributed by atoms with Crippen LogP contribution < -0.4 is 0 Å². The molecule has 0 saturated carbocycles. The molecule has 0 spiro atoms. The number of hydrogen-bond donors (Lipinski definition) is 0. The normalized spacial score (nSPS) is 10.8. The second-order valence-corrected chi connectivity index (χ2v) is 4.48. The lowest BCUT2D eigenvalue weighted by Gasteiger charge is -2.02. The van der Waals surface area contributed by atoms with Gasteiger partial charge in [0.2, 0.25) is 5.28 Å². The van der Waals surface area contributed by atoms with Crippen molar-refractivity contribution in [3.63, 3.8) is 0 Å². The van der Waals surface area contributed by atoms with Gasteiger partial charge >= 0.3 is 0 Å². The fraction of sp³-hybridized carbons (Fsp3) is 0. The summed E-state index contributed by atoms with van der Waals surface area (Å²) in [5.41, 5.74) is 2.35. The average molecular weight is 248 g/mol. The molecule has 5 heteroatoms. The van der Waals surface area contributed by atoms with E-state index in [1.165, 1.54) is 0 Å². The Hall–Kier alpha value is -1.52. The summed E-state index contributed by atoms with van der Waals surface area (Å²) in [5.74, 6) is 0. The molecule has 3 heterocycles. The molecule has 0 aliphatic carbocycles. The summed E-state index contributed by atoms with van der Waals surface area (Å²) in [6.45, 7) is 0.